The van der Waals surface area contributed by atoms with Crippen molar-refractivity contribution in [2.75, 3.05) is 46.8 Å². The van der Waals surface area contributed by atoms with Crippen molar-refractivity contribution >= 4 is 5.97 Å². The molecule has 5 nitrogen and oxygen atoms in total. The molecule has 0 heterocycles. The molecule has 0 unspecified atom stereocenters. The zero-order valence-corrected chi connectivity index (χ0v) is 10.2. The molecule has 0 aromatic heterocycles. The molecule has 16 heavy (non-hydrogen) atoms. The Bertz CT molecular complexity index is 160. The Balaban J connectivity index is 2.90. The van der Waals surface area contributed by atoms with Crippen LogP contribution in [0, 0.1) is 0 Å². The van der Waals surface area contributed by atoms with Crippen molar-refractivity contribution in [3.63, 3.8) is 0 Å². The molecule has 0 aliphatic heterocycles. The average molecular weight is 234 g/mol. The van der Waals surface area contributed by atoms with Gasteiger partial charge in [-0.3, -0.25) is 4.79 Å². The minimum absolute atomic E-state index is 0.268. The fraction of sp³-hybridized carbons (Fsp3) is 0.909. The number of rotatable bonds is 11. The summed E-state index contributed by atoms with van der Waals surface area (Å²) >= 11 is 0. The molecule has 0 N–H and O–H groups in total. The maximum Gasteiger partial charge on any atom is 0.302 e. The van der Waals surface area contributed by atoms with E-state index in [2.05, 4.69) is 0 Å². The maximum absolute atomic E-state index is 10.4. The van der Waals surface area contributed by atoms with Crippen LogP contribution >= 0.6 is 0 Å². The average Bonchev–Trinajstić information content (AvgIpc) is 2.25. The molecule has 0 atom stereocenters. The third kappa shape index (κ3) is 13.4. The first-order valence-electron chi connectivity index (χ1n) is 5.55. The molecule has 0 aromatic carbocycles. The van der Waals surface area contributed by atoms with E-state index in [-0.39, 0.29) is 5.97 Å². The lowest BCUT2D eigenvalue weighted by Crippen LogP contribution is -2.09. The van der Waals surface area contributed by atoms with Crippen LogP contribution in [0.2, 0.25) is 0 Å². The smallest absolute Gasteiger partial charge is 0.302 e. The zero-order chi connectivity index (χ0) is 12.1. The van der Waals surface area contributed by atoms with Gasteiger partial charge in [0.2, 0.25) is 0 Å². The number of unbranched alkanes of at least 4 members (excludes halogenated alkanes) is 1. The van der Waals surface area contributed by atoms with Crippen molar-refractivity contribution in [1.29, 1.82) is 0 Å². The van der Waals surface area contributed by atoms with Crippen LogP contribution in [0.3, 0.4) is 0 Å². The van der Waals surface area contributed by atoms with Gasteiger partial charge in [0.25, 0.3) is 0 Å². The first-order valence-corrected chi connectivity index (χ1v) is 5.55. The van der Waals surface area contributed by atoms with E-state index in [1.807, 2.05) is 0 Å². The highest BCUT2D eigenvalue weighted by Gasteiger charge is 1.93. The van der Waals surface area contributed by atoms with Crippen molar-refractivity contribution in [2.45, 2.75) is 19.8 Å². The molecular formula is C11H22O5. The Morgan fingerprint density at radius 3 is 1.94 bits per heavy atom. The van der Waals surface area contributed by atoms with Gasteiger partial charge in [-0.1, -0.05) is 0 Å². The standard InChI is InChI=1S/C11H22O5/c1-11(12)16-10-9-15-6-4-3-5-14-8-7-13-2/h3-10H2,1-2H3. The number of carbonyl (C=O) groups is 1. The summed E-state index contributed by atoms with van der Waals surface area (Å²) in [7, 11) is 1.65. The van der Waals surface area contributed by atoms with Crippen molar-refractivity contribution in [1.82, 2.24) is 0 Å². The van der Waals surface area contributed by atoms with Gasteiger partial charge in [0.1, 0.15) is 6.61 Å². The van der Waals surface area contributed by atoms with Gasteiger partial charge in [0.15, 0.2) is 0 Å². The van der Waals surface area contributed by atoms with Gasteiger partial charge in [0.05, 0.1) is 19.8 Å². The molecule has 0 aliphatic carbocycles. The highest BCUT2D eigenvalue weighted by molar-refractivity contribution is 5.65. The molecule has 0 saturated carbocycles. The first kappa shape index (κ1) is 15.3. The van der Waals surface area contributed by atoms with Gasteiger partial charge in [-0.25, -0.2) is 0 Å². The van der Waals surface area contributed by atoms with Crippen molar-refractivity contribution < 1.29 is 23.7 Å². The fourth-order valence-corrected chi connectivity index (χ4v) is 0.999. The maximum atomic E-state index is 10.4. The van der Waals surface area contributed by atoms with Gasteiger partial charge in [-0.2, -0.15) is 0 Å². The van der Waals surface area contributed by atoms with Crippen LogP contribution in [-0.4, -0.2) is 52.7 Å². The van der Waals surface area contributed by atoms with E-state index in [1.54, 1.807) is 7.11 Å². The lowest BCUT2D eigenvalue weighted by molar-refractivity contribution is -0.142. The Morgan fingerprint density at radius 2 is 1.44 bits per heavy atom. The molecule has 0 aromatic rings. The molecule has 0 spiro atoms. The van der Waals surface area contributed by atoms with E-state index in [1.165, 1.54) is 6.92 Å². The van der Waals surface area contributed by atoms with E-state index in [4.69, 9.17) is 18.9 Å². The van der Waals surface area contributed by atoms with Crippen molar-refractivity contribution in [3.05, 3.63) is 0 Å². The van der Waals surface area contributed by atoms with Gasteiger partial charge in [0, 0.05) is 27.2 Å². The molecule has 0 aliphatic rings. The predicted molar refractivity (Wildman–Crippen MR) is 59.4 cm³/mol. The van der Waals surface area contributed by atoms with Crippen LogP contribution in [0.4, 0.5) is 0 Å². The van der Waals surface area contributed by atoms with Crippen LogP contribution in [-0.2, 0) is 23.7 Å². The number of carbonyl (C=O) groups excluding carboxylic acids is 1. The highest BCUT2D eigenvalue weighted by Crippen LogP contribution is 1.92. The van der Waals surface area contributed by atoms with E-state index >= 15 is 0 Å². The SMILES string of the molecule is COCCOCCCCOCCOC(C)=O. The summed E-state index contributed by atoms with van der Waals surface area (Å²) in [6.07, 6.45) is 1.92. The number of hydrogen-bond donors (Lipinski definition) is 0. The summed E-state index contributed by atoms with van der Waals surface area (Å²) < 4.78 is 20.1. The van der Waals surface area contributed by atoms with Crippen LogP contribution in [0.15, 0.2) is 0 Å². The summed E-state index contributed by atoms with van der Waals surface area (Å²) in [5.41, 5.74) is 0. The van der Waals surface area contributed by atoms with E-state index in [0.29, 0.717) is 33.0 Å². The largest absolute Gasteiger partial charge is 0.463 e. The second-order valence-corrected chi connectivity index (χ2v) is 3.26. The fourth-order valence-electron chi connectivity index (χ4n) is 0.999. The van der Waals surface area contributed by atoms with Crippen LogP contribution < -0.4 is 0 Å². The summed E-state index contributed by atoms with van der Waals surface area (Å²) in [5, 5.41) is 0. The van der Waals surface area contributed by atoms with E-state index < -0.39 is 0 Å². The molecule has 96 valence electrons. The molecule has 0 bridgehead atoms. The third-order valence-corrected chi connectivity index (χ3v) is 1.79. The zero-order valence-electron chi connectivity index (χ0n) is 10.2. The van der Waals surface area contributed by atoms with Gasteiger partial charge >= 0.3 is 5.97 Å². The van der Waals surface area contributed by atoms with Crippen molar-refractivity contribution in [3.8, 4) is 0 Å². The number of methoxy groups -OCH3 is 1. The minimum atomic E-state index is -0.268. The van der Waals surface area contributed by atoms with Gasteiger partial charge in [-0.15, -0.1) is 0 Å². The topological polar surface area (TPSA) is 54.0 Å². The second-order valence-electron chi connectivity index (χ2n) is 3.26. The lowest BCUT2D eigenvalue weighted by Gasteiger charge is -2.05. The third-order valence-electron chi connectivity index (χ3n) is 1.79. The molecule has 0 fully saturated rings. The van der Waals surface area contributed by atoms with Crippen LogP contribution in [0.25, 0.3) is 0 Å². The normalized spacial score (nSPS) is 10.4. The predicted octanol–water partition coefficient (Wildman–Crippen LogP) is 1.01. The highest BCUT2D eigenvalue weighted by atomic mass is 16.6. The molecule has 0 amide bonds. The monoisotopic (exact) mass is 234 g/mol. The van der Waals surface area contributed by atoms with Crippen LogP contribution in [0.1, 0.15) is 19.8 Å². The molecule has 0 radical (unpaired) electrons. The molecule has 0 saturated heterocycles. The van der Waals surface area contributed by atoms with Crippen molar-refractivity contribution in [2.24, 2.45) is 0 Å². The first-order chi connectivity index (χ1) is 7.77. The lowest BCUT2D eigenvalue weighted by atomic mass is 10.3. The number of ether oxygens (including phenoxy) is 4. The summed E-state index contributed by atoms with van der Waals surface area (Å²) in [6.45, 7) is 4.87. The number of esters is 1. The van der Waals surface area contributed by atoms with E-state index in [0.717, 1.165) is 19.4 Å². The molecular weight excluding hydrogens is 212 g/mol. The minimum Gasteiger partial charge on any atom is -0.463 e. The summed E-state index contributed by atoms with van der Waals surface area (Å²) in [4.78, 5) is 10.4. The summed E-state index contributed by atoms with van der Waals surface area (Å²) in [6, 6.07) is 0. The Morgan fingerprint density at radius 1 is 0.875 bits per heavy atom. The Kier molecular flexibility index (Phi) is 11.9. The van der Waals surface area contributed by atoms with E-state index in [9.17, 15) is 4.79 Å². The van der Waals surface area contributed by atoms with Gasteiger partial charge < -0.3 is 18.9 Å². The summed E-state index contributed by atoms with van der Waals surface area (Å²) in [5.74, 6) is -0.268. The van der Waals surface area contributed by atoms with Gasteiger partial charge in [-0.05, 0) is 12.8 Å². The number of hydrogen-bond acceptors (Lipinski definition) is 5. The Labute approximate surface area is 97.0 Å². The Hall–Kier alpha value is -0.650. The molecule has 0 rings (SSSR count). The quantitative estimate of drug-likeness (QED) is 0.394. The second kappa shape index (κ2) is 12.4. The van der Waals surface area contributed by atoms with Crippen LogP contribution in [0.5, 0.6) is 0 Å². The molecule has 5 heteroatoms.